The Kier molecular flexibility index (Phi) is 2.76. The summed E-state index contributed by atoms with van der Waals surface area (Å²) in [6.45, 7) is 1.42. The number of amides is 1. The van der Waals surface area contributed by atoms with Crippen molar-refractivity contribution in [2.24, 2.45) is 0 Å². The van der Waals surface area contributed by atoms with Crippen molar-refractivity contribution >= 4 is 5.91 Å². The zero-order chi connectivity index (χ0) is 12.4. The van der Waals surface area contributed by atoms with Gasteiger partial charge < -0.3 is 4.90 Å². The molecule has 0 radical (unpaired) electrons. The zero-order valence-corrected chi connectivity index (χ0v) is 9.81. The Hall–Kier alpha value is -2.24. The minimum absolute atomic E-state index is 0.138. The Morgan fingerprint density at radius 1 is 1.39 bits per heavy atom. The molecule has 1 amide bonds. The molecule has 0 atom stereocenters. The van der Waals surface area contributed by atoms with Crippen molar-refractivity contribution in [3.63, 3.8) is 0 Å². The van der Waals surface area contributed by atoms with E-state index in [1.807, 2.05) is 23.2 Å². The minimum atomic E-state index is 0.138. The van der Waals surface area contributed by atoms with E-state index in [2.05, 4.69) is 15.3 Å². The molecule has 2 aromatic heterocycles. The van der Waals surface area contributed by atoms with Crippen molar-refractivity contribution in [2.75, 3.05) is 13.1 Å². The average Bonchev–Trinajstić information content (AvgIpc) is 2.82. The van der Waals surface area contributed by atoms with Gasteiger partial charge >= 0.3 is 0 Å². The van der Waals surface area contributed by atoms with Gasteiger partial charge in [0.15, 0.2) is 0 Å². The van der Waals surface area contributed by atoms with Crippen LogP contribution in [-0.2, 0) is 11.2 Å². The van der Waals surface area contributed by atoms with Gasteiger partial charge in [0.1, 0.15) is 0 Å². The highest BCUT2D eigenvalue weighted by molar-refractivity contribution is 5.79. The van der Waals surface area contributed by atoms with Crippen molar-refractivity contribution in [1.29, 1.82) is 0 Å². The summed E-state index contributed by atoms with van der Waals surface area (Å²) in [5, 5.41) is 7.70. The van der Waals surface area contributed by atoms with Gasteiger partial charge in [-0.25, -0.2) is 4.68 Å². The summed E-state index contributed by atoms with van der Waals surface area (Å²) in [6, 6.07) is 4.03. The molecule has 1 aliphatic heterocycles. The lowest BCUT2D eigenvalue weighted by Gasteiger charge is -2.38. The van der Waals surface area contributed by atoms with Gasteiger partial charge in [0.2, 0.25) is 5.91 Å². The lowest BCUT2D eigenvalue weighted by atomic mass is 10.1. The molecule has 3 rings (SSSR count). The second kappa shape index (κ2) is 4.56. The van der Waals surface area contributed by atoms with Crippen LogP contribution in [0.2, 0.25) is 0 Å². The number of pyridine rings is 1. The topological polar surface area (TPSA) is 63.9 Å². The SMILES string of the molecule is O=C(Cc1cccnc1)N1CC(n2ccnn2)C1. The lowest BCUT2D eigenvalue weighted by Crippen LogP contribution is -2.51. The molecule has 0 spiro atoms. The summed E-state index contributed by atoms with van der Waals surface area (Å²) in [6.07, 6.45) is 7.33. The third-order valence-electron chi connectivity index (χ3n) is 3.11. The fraction of sp³-hybridized carbons (Fsp3) is 0.333. The molecule has 0 saturated carbocycles. The Labute approximate surface area is 104 Å². The third kappa shape index (κ3) is 2.09. The summed E-state index contributed by atoms with van der Waals surface area (Å²) in [7, 11) is 0. The molecule has 1 fully saturated rings. The van der Waals surface area contributed by atoms with Gasteiger partial charge in [-0.15, -0.1) is 5.10 Å². The molecule has 0 bridgehead atoms. The van der Waals surface area contributed by atoms with Crippen molar-refractivity contribution in [3.05, 3.63) is 42.5 Å². The second-order valence-corrected chi connectivity index (χ2v) is 4.37. The highest BCUT2D eigenvalue weighted by Gasteiger charge is 2.32. The molecule has 6 nitrogen and oxygen atoms in total. The van der Waals surface area contributed by atoms with Crippen LogP contribution in [0.4, 0.5) is 0 Å². The molecule has 3 heterocycles. The number of carbonyl (C=O) groups excluding carboxylic acids is 1. The van der Waals surface area contributed by atoms with Gasteiger partial charge in [0, 0.05) is 31.7 Å². The Morgan fingerprint density at radius 2 is 2.28 bits per heavy atom. The van der Waals surface area contributed by atoms with Gasteiger partial charge in [-0.1, -0.05) is 11.3 Å². The van der Waals surface area contributed by atoms with Crippen molar-refractivity contribution < 1.29 is 4.79 Å². The largest absolute Gasteiger partial charge is 0.338 e. The van der Waals surface area contributed by atoms with Crippen LogP contribution in [0.25, 0.3) is 0 Å². The quantitative estimate of drug-likeness (QED) is 0.777. The molecule has 18 heavy (non-hydrogen) atoms. The molecule has 92 valence electrons. The summed E-state index contributed by atoms with van der Waals surface area (Å²) in [4.78, 5) is 17.8. The van der Waals surface area contributed by atoms with Crippen LogP contribution < -0.4 is 0 Å². The van der Waals surface area contributed by atoms with Crippen LogP contribution in [0.15, 0.2) is 36.9 Å². The summed E-state index contributed by atoms with van der Waals surface area (Å²) >= 11 is 0. The highest BCUT2D eigenvalue weighted by Crippen LogP contribution is 2.20. The first-order chi connectivity index (χ1) is 8.83. The normalized spacial score (nSPS) is 15.4. The standard InChI is InChI=1S/C12H13N5O/c18-12(6-10-2-1-3-13-7-10)16-8-11(9-16)17-5-4-14-15-17/h1-5,7,11H,6,8-9H2. The van der Waals surface area contributed by atoms with Crippen LogP contribution in [0.1, 0.15) is 11.6 Å². The average molecular weight is 243 g/mol. The minimum Gasteiger partial charge on any atom is -0.338 e. The van der Waals surface area contributed by atoms with Gasteiger partial charge in [-0.05, 0) is 11.6 Å². The molecule has 1 aliphatic rings. The number of nitrogens with zero attached hydrogens (tertiary/aromatic N) is 5. The molecular weight excluding hydrogens is 230 g/mol. The van der Waals surface area contributed by atoms with E-state index >= 15 is 0 Å². The Balaban J connectivity index is 1.54. The lowest BCUT2D eigenvalue weighted by molar-refractivity contribution is -0.136. The van der Waals surface area contributed by atoms with Gasteiger partial charge in [0.25, 0.3) is 0 Å². The zero-order valence-electron chi connectivity index (χ0n) is 9.81. The van der Waals surface area contributed by atoms with E-state index in [0.29, 0.717) is 19.5 Å². The molecule has 0 unspecified atom stereocenters. The summed E-state index contributed by atoms with van der Waals surface area (Å²) in [5.74, 6) is 0.138. The number of rotatable bonds is 3. The van der Waals surface area contributed by atoms with E-state index in [1.165, 1.54) is 0 Å². The van der Waals surface area contributed by atoms with Crippen LogP contribution in [0.3, 0.4) is 0 Å². The fourth-order valence-corrected chi connectivity index (χ4v) is 2.03. The molecule has 0 N–H and O–H groups in total. The monoisotopic (exact) mass is 243 g/mol. The Morgan fingerprint density at radius 3 is 2.94 bits per heavy atom. The number of likely N-dealkylation sites (tertiary alicyclic amines) is 1. The van der Waals surface area contributed by atoms with Crippen LogP contribution >= 0.6 is 0 Å². The maximum atomic E-state index is 12.0. The van der Waals surface area contributed by atoms with Crippen LogP contribution in [0, 0.1) is 0 Å². The first kappa shape index (κ1) is 10.9. The predicted molar refractivity (Wildman–Crippen MR) is 63.6 cm³/mol. The summed E-state index contributed by atoms with van der Waals surface area (Å²) < 4.78 is 1.80. The fourth-order valence-electron chi connectivity index (χ4n) is 2.03. The second-order valence-electron chi connectivity index (χ2n) is 4.37. The van der Waals surface area contributed by atoms with Gasteiger partial charge in [0.05, 0.1) is 18.7 Å². The van der Waals surface area contributed by atoms with Gasteiger partial charge in [-0.3, -0.25) is 9.78 Å². The molecule has 1 saturated heterocycles. The molecular formula is C12H13N5O. The predicted octanol–water partition coefficient (Wildman–Crippen LogP) is 0.299. The van der Waals surface area contributed by atoms with E-state index < -0.39 is 0 Å². The van der Waals surface area contributed by atoms with E-state index in [4.69, 9.17) is 0 Å². The third-order valence-corrected chi connectivity index (χ3v) is 3.11. The van der Waals surface area contributed by atoms with E-state index in [1.54, 1.807) is 23.3 Å². The Bertz CT molecular complexity index is 519. The number of hydrogen-bond acceptors (Lipinski definition) is 4. The van der Waals surface area contributed by atoms with Crippen molar-refractivity contribution in [2.45, 2.75) is 12.5 Å². The first-order valence-electron chi connectivity index (χ1n) is 5.85. The van der Waals surface area contributed by atoms with E-state index in [0.717, 1.165) is 5.56 Å². The number of hydrogen-bond donors (Lipinski definition) is 0. The summed E-state index contributed by atoms with van der Waals surface area (Å²) in [5.41, 5.74) is 0.951. The molecule has 6 heteroatoms. The van der Waals surface area contributed by atoms with E-state index in [9.17, 15) is 4.79 Å². The van der Waals surface area contributed by atoms with Crippen molar-refractivity contribution in [1.82, 2.24) is 24.9 Å². The molecule has 2 aromatic rings. The number of carbonyl (C=O) groups is 1. The van der Waals surface area contributed by atoms with Crippen molar-refractivity contribution in [3.8, 4) is 0 Å². The molecule has 0 aromatic carbocycles. The van der Waals surface area contributed by atoms with E-state index in [-0.39, 0.29) is 11.9 Å². The smallest absolute Gasteiger partial charge is 0.227 e. The maximum Gasteiger partial charge on any atom is 0.227 e. The molecule has 0 aliphatic carbocycles. The maximum absolute atomic E-state index is 12.0. The van der Waals surface area contributed by atoms with Crippen LogP contribution in [0.5, 0.6) is 0 Å². The highest BCUT2D eigenvalue weighted by atomic mass is 16.2. The van der Waals surface area contributed by atoms with Gasteiger partial charge in [-0.2, -0.15) is 0 Å². The van der Waals surface area contributed by atoms with Crippen LogP contribution in [-0.4, -0.2) is 43.9 Å². The first-order valence-corrected chi connectivity index (χ1v) is 5.85. The number of aromatic nitrogens is 4.